The van der Waals surface area contributed by atoms with E-state index in [4.69, 9.17) is 27.9 Å². The fourth-order valence-corrected chi connectivity index (χ4v) is 3.38. The van der Waals surface area contributed by atoms with Crippen LogP contribution in [0.25, 0.3) is 0 Å². The molecule has 6 nitrogen and oxygen atoms in total. The zero-order valence-corrected chi connectivity index (χ0v) is 17.6. The van der Waals surface area contributed by atoms with Crippen LogP contribution in [0.2, 0.25) is 10.0 Å². The van der Waals surface area contributed by atoms with Gasteiger partial charge in [0.05, 0.1) is 0 Å². The molecule has 29 heavy (non-hydrogen) atoms. The minimum atomic E-state index is -1.14. The molecule has 2 aromatic carbocycles. The van der Waals surface area contributed by atoms with Crippen LogP contribution in [0.4, 0.5) is 0 Å². The molecule has 0 bridgehead atoms. The molecule has 2 rings (SSSR count). The number of carboxylic acids is 2. The molecule has 0 saturated heterocycles. The van der Waals surface area contributed by atoms with E-state index in [1.54, 1.807) is 42.5 Å². The predicted molar refractivity (Wildman–Crippen MR) is 112 cm³/mol. The molecule has 0 aromatic heterocycles. The molecular formula is C21H23Cl2NO5. The Balaban J connectivity index is 2.24. The molecule has 156 valence electrons. The Labute approximate surface area is 179 Å². The molecule has 0 radical (unpaired) electrons. The lowest BCUT2D eigenvalue weighted by Crippen LogP contribution is -2.48. The van der Waals surface area contributed by atoms with Gasteiger partial charge in [0, 0.05) is 16.5 Å². The number of para-hydroxylation sites is 1. The summed E-state index contributed by atoms with van der Waals surface area (Å²) in [5.74, 6) is -1.27. The van der Waals surface area contributed by atoms with E-state index in [1.807, 2.05) is 13.8 Å². The van der Waals surface area contributed by atoms with Crippen molar-refractivity contribution >= 4 is 35.1 Å². The van der Waals surface area contributed by atoms with Crippen LogP contribution in [0.15, 0.2) is 42.5 Å². The van der Waals surface area contributed by atoms with Gasteiger partial charge in [-0.3, -0.25) is 14.9 Å². The fraction of sp³-hybridized carbons (Fsp3) is 0.333. The van der Waals surface area contributed by atoms with E-state index < -0.39 is 24.0 Å². The monoisotopic (exact) mass is 439 g/mol. The lowest BCUT2D eigenvalue weighted by Gasteiger charge is -2.22. The first-order valence-corrected chi connectivity index (χ1v) is 9.84. The Morgan fingerprint density at radius 2 is 1.59 bits per heavy atom. The number of halogens is 2. The molecule has 0 spiro atoms. The molecule has 0 heterocycles. The normalized spacial score (nSPS) is 13.1. The minimum Gasteiger partial charge on any atom is -0.480 e. The Bertz CT molecular complexity index is 852. The second kappa shape index (κ2) is 10.5. The van der Waals surface area contributed by atoms with Gasteiger partial charge in [-0.1, -0.05) is 55.2 Å². The van der Waals surface area contributed by atoms with Gasteiger partial charge >= 0.3 is 11.9 Å². The van der Waals surface area contributed by atoms with Crippen molar-refractivity contribution < 1.29 is 24.5 Å². The van der Waals surface area contributed by atoms with Crippen molar-refractivity contribution in [3.05, 3.63) is 58.1 Å². The first-order valence-electron chi connectivity index (χ1n) is 9.09. The SMILES string of the molecule is CC(C)CC(NC(Cc1ccccc1Oc1cc(Cl)cc(Cl)c1)C(=O)O)C(=O)O. The molecule has 0 aliphatic rings. The molecule has 0 amide bonds. The summed E-state index contributed by atoms with van der Waals surface area (Å²) in [5.41, 5.74) is 0.609. The third-order valence-electron chi connectivity index (χ3n) is 4.17. The largest absolute Gasteiger partial charge is 0.480 e. The van der Waals surface area contributed by atoms with Gasteiger partial charge in [-0.2, -0.15) is 0 Å². The highest BCUT2D eigenvalue weighted by Gasteiger charge is 2.27. The highest BCUT2D eigenvalue weighted by molar-refractivity contribution is 6.34. The molecule has 0 saturated carbocycles. The number of carboxylic acid groups (broad SMARTS) is 2. The van der Waals surface area contributed by atoms with E-state index in [-0.39, 0.29) is 12.3 Å². The molecule has 2 atom stereocenters. The van der Waals surface area contributed by atoms with Gasteiger partial charge in [0.2, 0.25) is 0 Å². The Morgan fingerprint density at radius 1 is 1.00 bits per heavy atom. The van der Waals surface area contributed by atoms with Crippen molar-refractivity contribution in [3.63, 3.8) is 0 Å². The van der Waals surface area contributed by atoms with Crippen LogP contribution in [-0.2, 0) is 16.0 Å². The first kappa shape index (κ1) is 23.0. The maximum absolute atomic E-state index is 11.8. The predicted octanol–water partition coefficient (Wildman–Crippen LogP) is 4.87. The smallest absolute Gasteiger partial charge is 0.321 e. The highest BCUT2D eigenvalue weighted by atomic mass is 35.5. The topological polar surface area (TPSA) is 95.9 Å². The van der Waals surface area contributed by atoms with Gasteiger partial charge < -0.3 is 14.9 Å². The zero-order chi connectivity index (χ0) is 21.6. The number of aliphatic carboxylic acids is 2. The van der Waals surface area contributed by atoms with Gasteiger partial charge in [-0.05, 0) is 42.2 Å². The summed E-state index contributed by atoms with van der Waals surface area (Å²) in [5, 5.41) is 22.6. The van der Waals surface area contributed by atoms with E-state index in [0.717, 1.165) is 0 Å². The van der Waals surface area contributed by atoms with E-state index >= 15 is 0 Å². The highest BCUT2D eigenvalue weighted by Crippen LogP contribution is 2.30. The van der Waals surface area contributed by atoms with E-state index in [1.165, 1.54) is 0 Å². The summed E-state index contributed by atoms with van der Waals surface area (Å²) in [6.07, 6.45) is 0.361. The zero-order valence-electron chi connectivity index (χ0n) is 16.1. The van der Waals surface area contributed by atoms with E-state index in [2.05, 4.69) is 5.32 Å². The molecule has 3 N–H and O–H groups in total. The van der Waals surface area contributed by atoms with Gasteiger partial charge in [0.15, 0.2) is 0 Å². The number of ether oxygens (including phenoxy) is 1. The quantitative estimate of drug-likeness (QED) is 0.488. The average Bonchev–Trinajstić information content (AvgIpc) is 2.60. The minimum absolute atomic E-state index is 0.0433. The molecule has 2 unspecified atom stereocenters. The Kier molecular flexibility index (Phi) is 8.32. The molecule has 2 aromatic rings. The number of benzene rings is 2. The number of hydrogen-bond acceptors (Lipinski definition) is 4. The van der Waals surface area contributed by atoms with Crippen molar-refractivity contribution in [3.8, 4) is 11.5 Å². The summed E-state index contributed by atoms with van der Waals surface area (Å²) in [6.45, 7) is 3.76. The molecule has 0 fully saturated rings. The summed E-state index contributed by atoms with van der Waals surface area (Å²) < 4.78 is 5.86. The van der Waals surface area contributed by atoms with Crippen molar-refractivity contribution in [1.29, 1.82) is 0 Å². The van der Waals surface area contributed by atoms with Gasteiger partial charge in [0.1, 0.15) is 23.6 Å². The van der Waals surface area contributed by atoms with Crippen molar-refractivity contribution in [2.75, 3.05) is 0 Å². The number of nitrogens with one attached hydrogen (secondary N) is 1. The van der Waals surface area contributed by atoms with Crippen LogP contribution in [0.1, 0.15) is 25.8 Å². The van der Waals surface area contributed by atoms with Crippen LogP contribution in [-0.4, -0.2) is 34.2 Å². The average molecular weight is 440 g/mol. The van der Waals surface area contributed by atoms with Crippen molar-refractivity contribution in [2.45, 2.75) is 38.8 Å². The standard InChI is InChI=1S/C21H23Cl2NO5/c1-12(2)7-17(20(25)26)24-18(21(27)28)8-13-5-3-4-6-19(13)29-16-10-14(22)9-15(23)11-16/h3-6,9-12,17-18,24H,7-8H2,1-2H3,(H,25,26)(H,27,28). The van der Waals surface area contributed by atoms with Gasteiger partial charge in [0.25, 0.3) is 0 Å². The van der Waals surface area contributed by atoms with Crippen LogP contribution >= 0.6 is 23.2 Å². The van der Waals surface area contributed by atoms with Crippen LogP contribution in [0.3, 0.4) is 0 Å². The third kappa shape index (κ3) is 7.24. The summed E-state index contributed by atoms with van der Waals surface area (Å²) >= 11 is 12.0. The number of carbonyl (C=O) groups is 2. The summed E-state index contributed by atoms with van der Waals surface area (Å²) in [7, 11) is 0. The van der Waals surface area contributed by atoms with E-state index in [9.17, 15) is 19.8 Å². The lowest BCUT2D eigenvalue weighted by atomic mass is 10.00. The fourth-order valence-electron chi connectivity index (χ4n) is 2.88. The molecule has 8 heteroatoms. The van der Waals surface area contributed by atoms with Crippen LogP contribution in [0, 0.1) is 5.92 Å². The van der Waals surface area contributed by atoms with Gasteiger partial charge in [-0.25, -0.2) is 0 Å². The summed E-state index contributed by atoms with van der Waals surface area (Å²) in [4.78, 5) is 23.3. The second-order valence-corrected chi connectivity index (χ2v) is 7.97. The Hall–Kier alpha value is -2.28. The second-order valence-electron chi connectivity index (χ2n) is 7.10. The van der Waals surface area contributed by atoms with Crippen LogP contribution < -0.4 is 10.1 Å². The van der Waals surface area contributed by atoms with Crippen molar-refractivity contribution in [2.24, 2.45) is 5.92 Å². The maximum atomic E-state index is 11.8. The molecule has 0 aliphatic carbocycles. The maximum Gasteiger partial charge on any atom is 0.321 e. The first-order chi connectivity index (χ1) is 13.7. The van der Waals surface area contributed by atoms with E-state index in [0.29, 0.717) is 33.5 Å². The summed E-state index contributed by atoms with van der Waals surface area (Å²) in [6, 6.07) is 9.66. The molecule has 0 aliphatic heterocycles. The Morgan fingerprint density at radius 3 is 2.14 bits per heavy atom. The number of rotatable bonds is 10. The van der Waals surface area contributed by atoms with Crippen molar-refractivity contribution in [1.82, 2.24) is 5.32 Å². The third-order valence-corrected chi connectivity index (χ3v) is 4.60. The van der Waals surface area contributed by atoms with Crippen LogP contribution in [0.5, 0.6) is 11.5 Å². The van der Waals surface area contributed by atoms with Gasteiger partial charge in [-0.15, -0.1) is 0 Å². The lowest BCUT2D eigenvalue weighted by molar-refractivity contribution is -0.142. The molecular weight excluding hydrogens is 417 g/mol. The number of hydrogen-bond donors (Lipinski definition) is 3.